The van der Waals surface area contributed by atoms with Crippen LogP contribution in [0.5, 0.6) is 0 Å². The summed E-state index contributed by atoms with van der Waals surface area (Å²) in [6.45, 7) is 6.87. The van der Waals surface area contributed by atoms with E-state index in [0.717, 1.165) is 0 Å². The van der Waals surface area contributed by atoms with Gasteiger partial charge in [-0.1, -0.05) is 57.5 Å². The first-order valence-corrected chi connectivity index (χ1v) is 12.0. The highest BCUT2D eigenvalue weighted by Crippen LogP contribution is 2.23. The van der Waals surface area contributed by atoms with Crippen molar-refractivity contribution in [2.75, 3.05) is 0 Å². The van der Waals surface area contributed by atoms with Crippen LogP contribution in [0.4, 0.5) is 0 Å². The molecule has 1 unspecified atom stereocenters. The van der Waals surface area contributed by atoms with Gasteiger partial charge in [0.15, 0.2) is 5.78 Å². The first-order valence-electron chi connectivity index (χ1n) is 11.6. The summed E-state index contributed by atoms with van der Waals surface area (Å²) in [5, 5.41) is 7.99. The van der Waals surface area contributed by atoms with Gasteiger partial charge in [0, 0.05) is 11.2 Å². The number of hydrogen-bond acceptors (Lipinski definition) is 6. The second-order valence-corrected chi connectivity index (χ2v) is 9.48. The predicted molar refractivity (Wildman–Crippen MR) is 135 cm³/mol. The Bertz CT molecular complexity index is 1090. The molecule has 0 radical (unpaired) electrons. The molecule has 2 aromatic rings. The molecule has 0 spiro atoms. The Morgan fingerprint density at radius 2 is 1.69 bits per heavy atom. The standard InChI is InChI=1S/C26H31ClN4O5/c1-15(2)22(26(36)29-14-32)24(34)23(16(3)4)31-21(33)13-20(17-8-7-9-18(27)12-17)30-25(35)19-10-5-6-11-28-19/h5-12,14-16,20,22-23H,13H2,1-4H3,(H,30,35)(H,31,33)(H,29,32,36)/t20?,22-,23+/m1/s1. The van der Waals surface area contributed by atoms with Gasteiger partial charge in [0.1, 0.15) is 11.6 Å². The average Bonchev–Trinajstić information content (AvgIpc) is 2.82. The van der Waals surface area contributed by atoms with Crippen molar-refractivity contribution in [2.24, 2.45) is 17.8 Å². The van der Waals surface area contributed by atoms with Crippen molar-refractivity contribution in [3.05, 3.63) is 64.9 Å². The number of ketones is 1. The third-order valence-electron chi connectivity index (χ3n) is 5.59. The first-order chi connectivity index (χ1) is 17.0. The van der Waals surface area contributed by atoms with E-state index in [1.165, 1.54) is 6.20 Å². The minimum absolute atomic E-state index is 0.182. The minimum Gasteiger partial charge on any atom is -0.346 e. The predicted octanol–water partition coefficient (Wildman–Crippen LogP) is 2.85. The van der Waals surface area contributed by atoms with E-state index in [9.17, 15) is 24.0 Å². The number of halogens is 1. The third-order valence-corrected chi connectivity index (χ3v) is 5.83. The van der Waals surface area contributed by atoms with Gasteiger partial charge in [0.05, 0.1) is 18.5 Å². The van der Waals surface area contributed by atoms with Crippen LogP contribution < -0.4 is 16.0 Å². The first kappa shape index (κ1) is 28.6. The second-order valence-electron chi connectivity index (χ2n) is 9.04. The van der Waals surface area contributed by atoms with Crippen molar-refractivity contribution >= 4 is 41.5 Å². The summed E-state index contributed by atoms with van der Waals surface area (Å²) in [5.41, 5.74) is 0.779. The second kappa shape index (κ2) is 13.5. The van der Waals surface area contributed by atoms with Crippen molar-refractivity contribution in [3.8, 4) is 0 Å². The molecule has 36 heavy (non-hydrogen) atoms. The van der Waals surface area contributed by atoms with E-state index in [0.29, 0.717) is 10.6 Å². The normalized spacial score (nSPS) is 13.4. The van der Waals surface area contributed by atoms with E-state index in [4.69, 9.17) is 11.6 Å². The summed E-state index contributed by atoms with van der Waals surface area (Å²) >= 11 is 6.13. The number of aromatic nitrogens is 1. The van der Waals surface area contributed by atoms with E-state index >= 15 is 0 Å². The van der Waals surface area contributed by atoms with Gasteiger partial charge in [0.25, 0.3) is 5.91 Å². The number of carbonyl (C=O) groups excluding carboxylic acids is 5. The molecule has 3 N–H and O–H groups in total. The van der Waals surface area contributed by atoms with Gasteiger partial charge in [-0.25, -0.2) is 0 Å². The van der Waals surface area contributed by atoms with Gasteiger partial charge in [-0.2, -0.15) is 0 Å². The molecule has 1 aromatic carbocycles. The molecule has 0 aliphatic carbocycles. The molecule has 0 bridgehead atoms. The molecule has 0 saturated carbocycles. The molecule has 1 aromatic heterocycles. The molecule has 0 saturated heterocycles. The Balaban J connectivity index is 2.26. The molecule has 9 nitrogen and oxygen atoms in total. The monoisotopic (exact) mass is 514 g/mol. The van der Waals surface area contributed by atoms with Gasteiger partial charge < -0.3 is 10.6 Å². The molecule has 2 rings (SSSR count). The van der Waals surface area contributed by atoms with Gasteiger partial charge in [0.2, 0.25) is 18.2 Å². The number of imide groups is 1. The lowest BCUT2D eigenvalue weighted by molar-refractivity contribution is -0.140. The number of pyridine rings is 1. The number of benzene rings is 1. The Morgan fingerprint density at radius 1 is 0.972 bits per heavy atom. The van der Waals surface area contributed by atoms with Crippen LogP contribution in [0, 0.1) is 17.8 Å². The molecule has 0 aliphatic rings. The van der Waals surface area contributed by atoms with Gasteiger partial charge in [-0.3, -0.25) is 34.3 Å². The van der Waals surface area contributed by atoms with Crippen molar-refractivity contribution in [2.45, 2.75) is 46.2 Å². The summed E-state index contributed by atoms with van der Waals surface area (Å²) in [4.78, 5) is 66.3. The van der Waals surface area contributed by atoms with E-state index in [2.05, 4.69) is 15.6 Å². The van der Waals surface area contributed by atoms with Crippen molar-refractivity contribution < 1.29 is 24.0 Å². The van der Waals surface area contributed by atoms with Crippen LogP contribution >= 0.6 is 11.6 Å². The average molecular weight is 515 g/mol. The molecule has 1 heterocycles. The zero-order valence-corrected chi connectivity index (χ0v) is 21.4. The molecule has 192 valence electrons. The van der Waals surface area contributed by atoms with E-state index < -0.39 is 47.4 Å². The fourth-order valence-corrected chi connectivity index (χ4v) is 3.99. The number of nitrogens with zero attached hydrogens (tertiary/aromatic N) is 1. The minimum atomic E-state index is -1.12. The molecule has 3 atom stereocenters. The molecular formula is C26H31ClN4O5. The lowest BCUT2D eigenvalue weighted by Gasteiger charge is -2.28. The fraction of sp³-hybridized carbons (Fsp3) is 0.385. The Morgan fingerprint density at radius 3 is 2.25 bits per heavy atom. The largest absolute Gasteiger partial charge is 0.346 e. The SMILES string of the molecule is CC(C)[C@@H](C(=O)NC=O)C(=O)[C@@H](NC(=O)CC(NC(=O)c1ccccn1)c1cccc(Cl)c1)C(C)C. The van der Waals surface area contributed by atoms with E-state index in [1.807, 2.05) is 5.32 Å². The van der Waals surface area contributed by atoms with Crippen molar-refractivity contribution in [3.63, 3.8) is 0 Å². The van der Waals surface area contributed by atoms with Crippen molar-refractivity contribution in [1.29, 1.82) is 0 Å². The summed E-state index contributed by atoms with van der Waals surface area (Å²) in [7, 11) is 0. The fourth-order valence-electron chi connectivity index (χ4n) is 3.79. The number of carbonyl (C=O) groups is 5. The van der Waals surface area contributed by atoms with Gasteiger partial charge in [-0.15, -0.1) is 0 Å². The van der Waals surface area contributed by atoms with E-state index in [1.54, 1.807) is 70.2 Å². The summed E-state index contributed by atoms with van der Waals surface area (Å²) in [5.74, 6) is -4.04. The molecule has 0 aliphatic heterocycles. The van der Waals surface area contributed by atoms with Gasteiger partial charge >= 0.3 is 0 Å². The Labute approximate surface area is 215 Å². The summed E-state index contributed by atoms with van der Waals surface area (Å²) in [6.07, 6.45) is 1.52. The van der Waals surface area contributed by atoms with Crippen LogP contribution in [-0.2, 0) is 19.2 Å². The zero-order valence-electron chi connectivity index (χ0n) is 20.7. The topological polar surface area (TPSA) is 134 Å². The maximum Gasteiger partial charge on any atom is 0.270 e. The van der Waals surface area contributed by atoms with Crippen LogP contribution in [-0.4, -0.2) is 40.9 Å². The number of nitrogens with one attached hydrogen (secondary N) is 3. The Hall–Kier alpha value is -3.59. The molecule has 10 heteroatoms. The summed E-state index contributed by atoms with van der Waals surface area (Å²) < 4.78 is 0. The highest BCUT2D eigenvalue weighted by atomic mass is 35.5. The lowest BCUT2D eigenvalue weighted by Crippen LogP contribution is -2.51. The highest BCUT2D eigenvalue weighted by Gasteiger charge is 2.37. The zero-order chi connectivity index (χ0) is 26.8. The number of amides is 4. The van der Waals surface area contributed by atoms with Crippen LogP contribution in [0.1, 0.15) is 56.2 Å². The van der Waals surface area contributed by atoms with Gasteiger partial charge in [-0.05, 0) is 41.7 Å². The van der Waals surface area contributed by atoms with Crippen molar-refractivity contribution in [1.82, 2.24) is 20.9 Å². The van der Waals surface area contributed by atoms with Crippen LogP contribution in [0.25, 0.3) is 0 Å². The third kappa shape index (κ3) is 7.98. The maximum atomic E-state index is 13.3. The summed E-state index contributed by atoms with van der Waals surface area (Å²) in [6, 6.07) is 9.91. The number of hydrogen-bond donors (Lipinski definition) is 3. The Kier molecular flexibility index (Phi) is 10.7. The lowest BCUT2D eigenvalue weighted by atomic mass is 9.83. The van der Waals surface area contributed by atoms with E-state index in [-0.39, 0.29) is 24.4 Å². The highest BCUT2D eigenvalue weighted by molar-refractivity contribution is 6.30. The molecular weight excluding hydrogens is 484 g/mol. The van der Waals surface area contributed by atoms with Crippen LogP contribution in [0.15, 0.2) is 48.7 Å². The quantitative estimate of drug-likeness (QED) is 0.294. The smallest absolute Gasteiger partial charge is 0.270 e. The molecule has 4 amide bonds. The van der Waals surface area contributed by atoms with Crippen LogP contribution in [0.2, 0.25) is 5.02 Å². The maximum absolute atomic E-state index is 13.3. The number of rotatable bonds is 12. The molecule has 0 fully saturated rings. The van der Waals surface area contributed by atoms with Crippen LogP contribution in [0.3, 0.4) is 0 Å². The number of Topliss-reactive ketones (excluding diaryl/α,β-unsaturated/α-hetero) is 1.